The molecule has 1 unspecified atom stereocenters. The highest BCUT2D eigenvalue weighted by atomic mass is 32.1. The van der Waals surface area contributed by atoms with Crippen LogP contribution in [0.5, 0.6) is 11.5 Å². The van der Waals surface area contributed by atoms with Gasteiger partial charge in [-0.2, -0.15) is 0 Å². The van der Waals surface area contributed by atoms with Gasteiger partial charge in [0.2, 0.25) is 6.10 Å². The number of thiophene rings is 1. The first-order chi connectivity index (χ1) is 13.4. The number of benzene rings is 1. The molecular formula is C19H18N4O4S. The van der Waals surface area contributed by atoms with Gasteiger partial charge in [0.05, 0.1) is 4.88 Å². The average Bonchev–Trinajstić information content (AvgIpc) is 3.02. The molecule has 0 fully saturated rings. The molecule has 1 aromatic carbocycles. The topological polar surface area (TPSA) is 102 Å². The van der Waals surface area contributed by atoms with Crippen LogP contribution in [0.15, 0.2) is 24.3 Å². The van der Waals surface area contributed by atoms with Gasteiger partial charge in [0, 0.05) is 11.1 Å². The molecular weight excluding hydrogens is 380 g/mol. The second-order valence-corrected chi connectivity index (χ2v) is 7.40. The maximum absolute atomic E-state index is 12.6. The van der Waals surface area contributed by atoms with Crippen LogP contribution < -0.4 is 20.3 Å². The van der Waals surface area contributed by atoms with Crippen LogP contribution in [-0.4, -0.2) is 34.5 Å². The molecule has 144 valence electrons. The molecule has 1 aliphatic rings. The fourth-order valence-electron chi connectivity index (χ4n) is 3.09. The maximum Gasteiger partial charge on any atom is 0.283 e. The number of carbonyl (C=O) groups is 2. The second kappa shape index (κ2) is 7.08. The molecule has 3 heterocycles. The molecule has 0 aliphatic carbocycles. The fourth-order valence-corrected chi connectivity index (χ4v) is 4.27. The molecule has 2 N–H and O–H groups in total. The number of para-hydroxylation sites is 2. The van der Waals surface area contributed by atoms with Crippen LogP contribution in [0.1, 0.15) is 26.8 Å². The van der Waals surface area contributed by atoms with Crippen LogP contribution in [0.3, 0.4) is 0 Å². The molecule has 0 radical (unpaired) electrons. The molecule has 0 saturated carbocycles. The van der Waals surface area contributed by atoms with Crippen LogP contribution in [0.4, 0.5) is 0 Å². The Morgan fingerprint density at radius 3 is 2.64 bits per heavy atom. The highest BCUT2D eigenvalue weighted by Crippen LogP contribution is 2.32. The number of aromatic nitrogens is 2. The third-order valence-corrected chi connectivity index (χ3v) is 5.57. The van der Waals surface area contributed by atoms with E-state index in [0.717, 1.165) is 21.5 Å². The number of fused-ring (bicyclic) bond motifs is 2. The zero-order valence-electron chi connectivity index (χ0n) is 15.5. The highest BCUT2D eigenvalue weighted by molar-refractivity contribution is 7.20. The van der Waals surface area contributed by atoms with Gasteiger partial charge in [-0.3, -0.25) is 20.4 Å². The SMILES string of the molecule is Cc1nc(C)c2c(C)c(C(=O)NNC(=O)C3COc4ccccc4O3)sc2n1. The Morgan fingerprint density at radius 1 is 1.11 bits per heavy atom. The van der Waals surface area contributed by atoms with E-state index in [2.05, 4.69) is 20.8 Å². The number of nitrogens with one attached hydrogen (secondary N) is 2. The normalized spacial score (nSPS) is 15.3. The summed E-state index contributed by atoms with van der Waals surface area (Å²) in [6.07, 6.45) is -0.852. The van der Waals surface area contributed by atoms with Gasteiger partial charge in [-0.1, -0.05) is 12.1 Å². The first-order valence-corrected chi connectivity index (χ1v) is 9.48. The van der Waals surface area contributed by atoms with Gasteiger partial charge < -0.3 is 9.47 Å². The van der Waals surface area contributed by atoms with Crippen LogP contribution >= 0.6 is 11.3 Å². The molecule has 3 aromatic rings. The van der Waals surface area contributed by atoms with Crippen molar-refractivity contribution in [2.75, 3.05) is 6.61 Å². The Kier molecular flexibility index (Phi) is 4.60. The zero-order valence-corrected chi connectivity index (χ0v) is 16.3. The van der Waals surface area contributed by atoms with Gasteiger partial charge in [-0.25, -0.2) is 9.97 Å². The van der Waals surface area contributed by atoms with Crippen molar-refractivity contribution in [3.8, 4) is 11.5 Å². The third kappa shape index (κ3) is 3.24. The molecule has 28 heavy (non-hydrogen) atoms. The van der Waals surface area contributed by atoms with E-state index in [1.165, 1.54) is 11.3 Å². The summed E-state index contributed by atoms with van der Waals surface area (Å²) in [4.78, 5) is 34.9. The predicted molar refractivity (Wildman–Crippen MR) is 104 cm³/mol. The molecule has 9 heteroatoms. The summed E-state index contributed by atoms with van der Waals surface area (Å²) in [6.45, 7) is 5.61. The van der Waals surface area contributed by atoms with Crippen molar-refractivity contribution in [2.24, 2.45) is 0 Å². The lowest BCUT2D eigenvalue weighted by molar-refractivity contribution is -0.131. The van der Waals surface area contributed by atoms with E-state index in [9.17, 15) is 9.59 Å². The Labute approximate surface area is 164 Å². The summed E-state index contributed by atoms with van der Waals surface area (Å²) in [5.41, 5.74) is 6.46. The van der Waals surface area contributed by atoms with Crippen molar-refractivity contribution in [3.63, 3.8) is 0 Å². The Bertz CT molecular complexity index is 1090. The zero-order chi connectivity index (χ0) is 19.8. The number of carbonyl (C=O) groups excluding carboxylic acids is 2. The number of ether oxygens (including phenoxy) is 2. The van der Waals surface area contributed by atoms with Crippen LogP contribution in [0.25, 0.3) is 10.2 Å². The summed E-state index contributed by atoms with van der Waals surface area (Å²) in [6, 6.07) is 7.10. The molecule has 0 saturated heterocycles. The van der Waals surface area contributed by atoms with E-state index < -0.39 is 17.9 Å². The molecule has 0 spiro atoms. The Balaban J connectivity index is 1.45. The first kappa shape index (κ1) is 18.2. The van der Waals surface area contributed by atoms with Crippen molar-refractivity contribution >= 4 is 33.4 Å². The van der Waals surface area contributed by atoms with Gasteiger partial charge in [0.25, 0.3) is 11.8 Å². The van der Waals surface area contributed by atoms with E-state index in [4.69, 9.17) is 9.47 Å². The fraction of sp³-hybridized carbons (Fsp3) is 0.263. The van der Waals surface area contributed by atoms with Gasteiger partial charge >= 0.3 is 0 Å². The third-order valence-electron chi connectivity index (χ3n) is 4.39. The number of amides is 2. The standard InChI is InChI=1S/C19H18N4O4S/c1-9-15-10(2)20-11(3)21-19(15)28-16(9)18(25)23-22-17(24)14-8-26-12-6-4-5-7-13(12)27-14/h4-7,14H,8H2,1-3H3,(H,22,24)(H,23,25). The van der Waals surface area contributed by atoms with Crippen molar-refractivity contribution < 1.29 is 19.1 Å². The quantitative estimate of drug-likeness (QED) is 0.642. The molecule has 8 nitrogen and oxygen atoms in total. The van der Waals surface area contributed by atoms with Gasteiger partial charge in [-0.05, 0) is 38.5 Å². The van der Waals surface area contributed by atoms with E-state index >= 15 is 0 Å². The number of aryl methyl sites for hydroxylation is 3. The van der Waals surface area contributed by atoms with Gasteiger partial charge in [-0.15, -0.1) is 11.3 Å². The van der Waals surface area contributed by atoms with Crippen LogP contribution in [0.2, 0.25) is 0 Å². The minimum absolute atomic E-state index is 0.0642. The Hall–Kier alpha value is -3.20. The lowest BCUT2D eigenvalue weighted by atomic mass is 10.1. The van der Waals surface area contributed by atoms with Crippen LogP contribution in [-0.2, 0) is 4.79 Å². The number of hydrogen-bond donors (Lipinski definition) is 2. The second-order valence-electron chi connectivity index (χ2n) is 6.40. The summed E-state index contributed by atoms with van der Waals surface area (Å²) >= 11 is 1.27. The van der Waals surface area contributed by atoms with Gasteiger partial charge in [0.1, 0.15) is 17.3 Å². The van der Waals surface area contributed by atoms with Crippen molar-refractivity contribution in [1.29, 1.82) is 0 Å². The average molecular weight is 398 g/mol. The van der Waals surface area contributed by atoms with Gasteiger partial charge in [0.15, 0.2) is 11.5 Å². The molecule has 1 aliphatic heterocycles. The number of hydrogen-bond acceptors (Lipinski definition) is 7. The van der Waals surface area contributed by atoms with E-state index in [-0.39, 0.29) is 6.61 Å². The number of rotatable bonds is 2. The molecule has 1 atom stereocenters. The van der Waals surface area contributed by atoms with E-state index in [0.29, 0.717) is 22.2 Å². The number of nitrogens with zero attached hydrogens (tertiary/aromatic N) is 2. The van der Waals surface area contributed by atoms with Crippen molar-refractivity contribution in [1.82, 2.24) is 20.8 Å². The van der Waals surface area contributed by atoms with Crippen molar-refractivity contribution in [2.45, 2.75) is 26.9 Å². The largest absolute Gasteiger partial charge is 0.485 e. The Morgan fingerprint density at radius 2 is 1.86 bits per heavy atom. The van der Waals surface area contributed by atoms with Crippen LogP contribution in [0, 0.1) is 20.8 Å². The lowest BCUT2D eigenvalue weighted by Gasteiger charge is -2.25. The minimum atomic E-state index is -0.852. The monoisotopic (exact) mass is 398 g/mol. The lowest BCUT2D eigenvalue weighted by Crippen LogP contribution is -2.50. The molecule has 0 bridgehead atoms. The van der Waals surface area contributed by atoms with E-state index in [1.807, 2.05) is 26.8 Å². The summed E-state index contributed by atoms with van der Waals surface area (Å²) in [5.74, 6) is 0.825. The van der Waals surface area contributed by atoms with Crippen molar-refractivity contribution in [3.05, 3.63) is 46.2 Å². The predicted octanol–water partition coefficient (Wildman–Crippen LogP) is 2.22. The minimum Gasteiger partial charge on any atom is -0.485 e. The smallest absolute Gasteiger partial charge is 0.283 e. The summed E-state index contributed by atoms with van der Waals surface area (Å²) in [7, 11) is 0. The summed E-state index contributed by atoms with van der Waals surface area (Å²) in [5, 5.41) is 0.868. The molecule has 4 rings (SSSR count). The number of hydrazine groups is 1. The first-order valence-electron chi connectivity index (χ1n) is 8.67. The maximum atomic E-state index is 12.6. The highest BCUT2D eigenvalue weighted by Gasteiger charge is 2.28. The molecule has 2 amide bonds. The van der Waals surface area contributed by atoms with E-state index in [1.54, 1.807) is 18.2 Å². The summed E-state index contributed by atoms with van der Waals surface area (Å²) < 4.78 is 11.1. The molecule has 2 aromatic heterocycles.